The van der Waals surface area contributed by atoms with Crippen LogP contribution in [0, 0.1) is 28.1 Å². The van der Waals surface area contributed by atoms with Crippen molar-refractivity contribution in [2.75, 3.05) is 26.9 Å². The second kappa shape index (κ2) is 7.26. The van der Waals surface area contributed by atoms with Gasteiger partial charge >= 0.3 is 0 Å². The summed E-state index contributed by atoms with van der Waals surface area (Å²) in [5.74, 6) is 0.753. The number of rotatable bonds is 6. The Hall–Kier alpha value is -0.590. The van der Waals surface area contributed by atoms with Crippen LogP contribution in [0.2, 0.25) is 0 Å². The predicted octanol–water partition coefficient (Wildman–Crippen LogP) is 3.79. The molecule has 3 nitrogen and oxygen atoms in total. The Balaban J connectivity index is 2.37. The molecule has 0 aromatic rings. The van der Waals surface area contributed by atoms with E-state index in [4.69, 9.17) is 9.47 Å². The molecule has 110 valence electrons. The fraction of sp³-hybridized carbons (Fsp3) is 0.938. The van der Waals surface area contributed by atoms with Crippen LogP contribution in [0.1, 0.15) is 52.9 Å². The lowest BCUT2D eigenvalue weighted by atomic mass is 9.63. The van der Waals surface area contributed by atoms with Crippen LogP contribution in [0.25, 0.3) is 0 Å². The molecule has 1 aliphatic rings. The van der Waals surface area contributed by atoms with E-state index in [2.05, 4.69) is 26.8 Å². The standard InChI is InChI=1S/C16H29NO2/c1-15(2,3)14-5-7-16(13-17,8-6-14)9-10-19-12-11-18-4/h14H,5-12H2,1-4H3. The number of methoxy groups -OCH3 is 1. The molecule has 0 radical (unpaired) electrons. The largest absolute Gasteiger partial charge is 0.382 e. The van der Waals surface area contributed by atoms with Crippen molar-refractivity contribution < 1.29 is 9.47 Å². The third-order valence-electron chi connectivity index (χ3n) is 4.56. The van der Waals surface area contributed by atoms with Crippen molar-refractivity contribution in [3.8, 4) is 6.07 Å². The Morgan fingerprint density at radius 1 is 1.16 bits per heavy atom. The Morgan fingerprint density at radius 2 is 1.79 bits per heavy atom. The molecule has 0 N–H and O–H groups in total. The van der Waals surface area contributed by atoms with E-state index in [-0.39, 0.29) is 5.41 Å². The lowest BCUT2D eigenvalue weighted by molar-refractivity contribution is 0.0435. The van der Waals surface area contributed by atoms with Crippen LogP contribution in [0.15, 0.2) is 0 Å². The monoisotopic (exact) mass is 267 g/mol. The third-order valence-corrected chi connectivity index (χ3v) is 4.56. The van der Waals surface area contributed by atoms with Crippen LogP contribution < -0.4 is 0 Å². The highest BCUT2D eigenvalue weighted by molar-refractivity contribution is 5.02. The van der Waals surface area contributed by atoms with Crippen molar-refractivity contribution >= 4 is 0 Å². The molecule has 0 heterocycles. The van der Waals surface area contributed by atoms with Crippen molar-refractivity contribution in [3.05, 3.63) is 0 Å². The molecule has 19 heavy (non-hydrogen) atoms. The van der Waals surface area contributed by atoms with Crippen LogP contribution in [-0.4, -0.2) is 26.9 Å². The van der Waals surface area contributed by atoms with Gasteiger partial charge in [0.15, 0.2) is 0 Å². The fourth-order valence-corrected chi connectivity index (χ4v) is 2.97. The highest BCUT2D eigenvalue weighted by atomic mass is 16.5. The molecule has 0 saturated heterocycles. The maximum absolute atomic E-state index is 9.50. The summed E-state index contributed by atoms with van der Waals surface area (Å²) < 4.78 is 10.5. The fourth-order valence-electron chi connectivity index (χ4n) is 2.97. The molecule has 0 amide bonds. The second-order valence-corrected chi connectivity index (χ2v) is 6.89. The summed E-state index contributed by atoms with van der Waals surface area (Å²) >= 11 is 0. The number of hydrogen-bond donors (Lipinski definition) is 0. The molecule has 0 aliphatic heterocycles. The SMILES string of the molecule is COCCOCCC1(C#N)CCC(C(C)(C)C)CC1. The normalized spacial score (nSPS) is 28.1. The summed E-state index contributed by atoms with van der Waals surface area (Å²) in [5.41, 5.74) is 0.228. The van der Waals surface area contributed by atoms with E-state index in [1.807, 2.05) is 0 Å². The van der Waals surface area contributed by atoms with E-state index in [0.717, 1.165) is 25.2 Å². The molecular weight excluding hydrogens is 238 g/mol. The predicted molar refractivity (Wildman–Crippen MR) is 76.8 cm³/mol. The minimum Gasteiger partial charge on any atom is -0.382 e. The second-order valence-electron chi connectivity index (χ2n) is 6.89. The topological polar surface area (TPSA) is 42.2 Å². The minimum absolute atomic E-state index is 0.144. The minimum atomic E-state index is -0.144. The first kappa shape index (κ1) is 16.5. The van der Waals surface area contributed by atoms with E-state index in [1.54, 1.807) is 7.11 Å². The van der Waals surface area contributed by atoms with Crippen molar-refractivity contribution in [2.24, 2.45) is 16.7 Å². The smallest absolute Gasteiger partial charge is 0.0700 e. The van der Waals surface area contributed by atoms with Gasteiger partial charge in [-0.2, -0.15) is 5.26 Å². The number of hydrogen-bond acceptors (Lipinski definition) is 3. The Kier molecular flexibility index (Phi) is 6.29. The average Bonchev–Trinajstić information content (AvgIpc) is 2.38. The van der Waals surface area contributed by atoms with E-state index in [1.165, 1.54) is 12.8 Å². The van der Waals surface area contributed by atoms with Crippen molar-refractivity contribution in [1.29, 1.82) is 5.26 Å². The first-order chi connectivity index (χ1) is 8.93. The van der Waals surface area contributed by atoms with Gasteiger partial charge < -0.3 is 9.47 Å². The molecule has 1 aliphatic carbocycles. The van der Waals surface area contributed by atoms with Gasteiger partial charge in [0.1, 0.15) is 0 Å². The van der Waals surface area contributed by atoms with Crippen molar-refractivity contribution in [3.63, 3.8) is 0 Å². The third kappa shape index (κ3) is 5.12. The Bertz CT molecular complexity index is 293. The lowest BCUT2D eigenvalue weighted by Crippen LogP contribution is -2.32. The quantitative estimate of drug-likeness (QED) is 0.688. The summed E-state index contributed by atoms with van der Waals surface area (Å²) in [6.45, 7) is 8.87. The van der Waals surface area contributed by atoms with E-state index >= 15 is 0 Å². The molecule has 0 spiro atoms. The highest BCUT2D eigenvalue weighted by Gasteiger charge is 2.38. The van der Waals surface area contributed by atoms with E-state index in [9.17, 15) is 5.26 Å². The van der Waals surface area contributed by atoms with Gasteiger partial charge in [-0.05, 0) is 43.4 Å². The highest BCUT2D eigenvalue weighted by Crippen LogP contribution is 2.46. The van der Waals surface area contributed by atoms with Crippen LogP contribution in [0.3, 0.4) is 0 Å². The molecule has 0 aromatic heterocycles. The summed E-state index contributed by atoms with van der Waals surface area (Å²) in [4.78, 5) is 0. The zero-order valence-electron chi connectivity index (χ0n) is 13.0. The van der Waals surface area contributed by atoms with Gasteiger partial charge in [-0.25, -0.2) is 0 Å². The summed E-state index contributed by atoms with van der Waals surface area (Å²) in [6, 6.07) is 2.57. The molecule has 0 atom stereocenters. The van der Waals surface area contributed by atoms with Gasteiger partial charge in [-0.1, -0.05) is 20.8 Å². The molecule has 3 heteroatoms. The van der Waals surface area contributed by atoms with Gasteiger partial charge in [-0.3, -0.25) is 0 Å². The zero-order valence-corrected chi connectivity index (χ0v) is 13.0. The Morgan fingerprint density at radius 3 is 2.26 bits per heavy atom. The Labute approximate surface area is 118 Å². The maximum atomic E-state index is 9.50. The summed E-state index contributed by atoms with van der Waals surface area (Å²) in [6.07, 6.45) is 5.27. The van der Waals surface area contributed by atoms with E-state index < -0.39 is 0 Å². The van der Waals surface area contributed by atoms with Crippen LogP contribution >= 0.6 is 0 Å². The molecule has 1 rings (SSSR count). The van der Waals surface area contributed by atoms with Crippen LogP contribution in [0.5, 0.6) is 0 Å². The molecule has 0 bridgehead atoms. The molecule has 1 saturated carbocycles. The van der Waals surface area contributed by atoms with Gasteiger partial charge in [0.25, 0.3) is 0 Å². The first-order valence-electron chi connectivity index (χ1n) is 7.41. The zero-order chi connectivity index (χ0) is 14.4. The average molecular weight is 267 g/mol. The number of nitrogens with zero attached hydrogens (tertiary/aromatic N) is 1. The maximum Gasteiger partial charge on any atom is 0.0700 e. The molecule has 1 fully saturated rings. The van der Waals surface area contributed by atoms with Crippen molar-refractivity contribution in [2.45, 2.75) is 52.9 Å². The van der Waals surface area contributed by atoms with Crippen molar-refractivity contribution in [1.82, 2.24) is 0 Å². The molecule has 0 aromatic carbocycles. The van der Waals surface area contributed by atoms with Gasteiger partial charge in [0.05, 0.1) is 24.7 Å². The van der Waals surface area contributed by atoms with Crippen LogP contribution in [0.4, 0.5) is 0 Å². The lowest BCUT2D eigenvalue weighted by Gasteiger charge is -2.40. The molecular formula is C16H29NO2. The first-order valence-corrected chi connectivity index (χ1v) is 7.41. The number of ether oxygens (including phenoxy) is 2. The van der Waals surface area contributed by atoms with Gasteiger partial charge in [0, 0.05) is 13.7 Å². The van der Waals surface area contributed by atoms with Gasteiger partial charge in [0.2, 0.25) is 0 Å². The molecule has 0 unspecified atom stereocenters. The van der Waals surface area contributed by atoms with E-state index in [0.29, 0.717) is 25.2 Å². The van der Waals surface area contributed by atoms with Crippen LogP contribution in [-0.2, 0) is 9.47 Å². The van der Waals surface area contributed by atoms with Gasteiger partial charge in [-0.15, -0.1) is 0 Å². The summed E-state index contributed by atoms with van der Waals surface area (Å²) in [5, 5.41) is 9.50. The number of nitriles is 1. The summed E-state index contributed by atoms with van der Waals surface area (Å²) in [7, 11) is 1.67.